The van der Waals surface area contributed by atoms with Crippen LogP contribution in [0.15, 0.2) is 78.1 Å². The van der Waals surface area contributed by atoms with E-state index in [0.717, 1.165) is 34.1 Å². The summed E-state index contributed by atoms with van der Waals surface area (Å²) in [5.41, 5.74) is 5.33. The summed E-state index contributed by atoms with van der Waals surface area (Å²) in [7, 11) is 0. The molecule has 1 N–H and O–H groups in total. The van der Waals surface area contributed by atoms with Gasteiger partial charge in [-0.15, -0.1) is 11.8 Å². The maximum absolute atomic E-state index is 13.1. The summed E-state index contributed by atoms with van der Waals surface area (Å²) in [4.78, 5) is 35.5. The third-order valence-electron chi connectivity index (χ3n) is 5.73. The molecule has 33 heavy (non-hydrogen) atoms. The molecule has 0 unspecified atom stereocenters. The highest BCUT2D eigenvalue weighted by Crippen LogP contribution is 2.31. The van der Waals surface area contributed by atoms with Gasteiger partial charge in [-0.2, -0.15) is 0 Å². The molecule has 0 saturated heterocycles. The number of carbonyl (C=O) groups excluding carboxylic acids is 2. The maximum Gasteiger partial charge on any atom is 0.258 e. The molecule has 0 spiro atoms. The van der Waals surface area contributed by atoms with Crippen LogP contribution in [0.5, 0.6) is 0 Å². The van der Waals surface area contributed by atoms with Gasteiger partial charge in [0.25, 0.3) is 5.91 Å². The minimum atomic E-state index is -0.202. The lowest BCUT2D eigenvalue weighted by Gasteiger charge is -2.15. The molecule has 6 nitrogen and oxygen atoms in total. The van der Waals surface area contributed by atoms with Crippen molar-refractivity contribution in [3.63, 3.8) is 0 Å². The molecule has 0 radical (unpaired) electrons. The number of hydrogen-bond acceptors (Lipinski definition) is 5. The van der Waals surface area contributed by atoms with Crippen molar-refractivity contribution in [2.24, 2.45) is 0 Å². The molecule has 0 bridgehead atoms. The molecule has 5 rings (SSSR count). The summed E-state index contributed by atoms with van der Waals surface area (Å²) in [6.45, 7) is 2.25. The van der Waals surface area contributed by atoms with E-state index in [1.807, 2.05) is 48.7 Å². The largest absolute Gasteiger partial charge is 0.322 e. The van der Waals surface area contributed by atoms with Crippen LogP contribution in [0.2, 0.25) is 0 Å². The first-order chi connectivity index (χ1) is 16.1. The lowest BCUT2D eigenvalue weighted by atomic mass is 10.1. The number of para-hydroxylation sites is 1. The van der Waals surface area contributed by atoms with Gasteiger partial charge in [0.05, 0.1) is 11.1 Å². The summed E-state index contributed by atoms with van der Waals surface area (Å²) in [6.07, 6.45) is 4.30. The molecule has 0 atom stereocenters. The van der Waals surface area contributed by atoms with E-state index in [4.69, 9.17) is 0 Å². The lowest BCUT2D eigenvalue weighted by Crippen LogP contribution is -2.25. The Morgan fingerprint density at radius 1 is 1.03 bits per heavy atom. The molecule has 1 aliphatic heterocycles. The summed E-state index contributed by atoms with van der Waals surface area (Å²) in [5, 5.41) is 4.78. The number of pyridine rings is 2. The van der Waals surface area contributed by atoms with Gasteiger partial charge in [0, 0.05) is 48.4 Å². The smallest absolute Gasteiger partial charge is 0.258 e. The number of hydrogen-bond donors (Lipinski definition) is 1. The summed E-state index contributed by atoms with van der Waals surface area (Å²) >= 11 is 1.53. The predicted octanol–water partition coefficient (Wildman–Crippen LogP) is 5.08. The Morgan fingerprint density at radius 3 is 2.79 bits per heavy atom. The third-order valence-corrected chi connectivity index (χ3v) is 6.79. The van der Waals surface area contributed by atoms with E-state index >= 15 is 0 Å². The van der Waals surface area contributed by atoms with E-state index < -0.39 is 0 Å². The normalized spacial score (nSPS) is 12.6. The van der Waals surface area contributed by atoms with Gasteiger partial charge in [0.2, 0.25) is 5.91 Å². The van der Waals surface area contributed by atoms with Gasteiger partial charge in [-0.3, -0.25) is 14.6 Å². The molecule has 2 aromatic heterocycles. The number of amides is 2. The standard InChI is InChI=1S/C26H22N4O2S/c1-17(31)30-14-11-18-15-20(8-9-24(18)30)29-25(32)22-6-4-12-28-26(22)33-16-19-10-13-27-23-7-3-2-5-21(19)23/h2-10,12-13,15H,11,14,16H2,1H3,(H,29,32). The predicted molar refractivity (Wildman–Crippen MR) is 132 cm³/mol. The molecule has 7 heteroatoms. The van der Waals surface area contributed by atoms with Gasteiger partial charge in [-0.25, -0.2) is 4.98 Å². The van der Waals surface area contributed by atoms with Gasteiger partial charge < -0.3 is 10.2 Å². The number of anilines is 2. The highest BCUT2D eigenvalue weighted by Gasteiger charge is 2.22. The van der Waals surface area contributed by atoms with E-state index in [0.29, 0.717) is 28.6 Å². The second-order valence-electron chi connectivity index (χ2n) is 7.85. The highest BCUT2D eigenvalue weighted by atomic mass is 32.2. The van der Waals surface area contributed by atoms with E-state index in [-0.39, 0.29) is 11.8 Å². The van der Waals surface area contributed by atoms with E-state index in [1.165, 1.54) is 11.8 Å². The van der Waals surface area contributed by atoms with Crippen molar-refractivity contribution in [2.45, 2.75) is 24.1 Å². The van der Waals surface area contributed by atoms with Crippen LogP contribution in [0, 0.1) is 0 Å². The fourth-order valence-electron chi connectivity index (χ4n) is 4.11. The summed E-state index contributed by atoms with van der Waals surface area (Å²) < 4.78 is 0. The van der Waals surface area contributed by atoms with Crippen LogP contribution < -0.4 is 10.2 Å². The van der Waals surface area contributed by atoms with Crippen LogP contribution >= 0.6 is 11.8 Å². The zero-order chi connectivity index (χ0) is 22.8. The molecule has 164 valence electrons. The molecular weight excluding hydrogens is 432 g/mol. The van der Waals surface area contributed by atoms with Crippen molar-refractivity contribution in [2.75, 3.05) is 16.8 Å². The first-order valence-corrected chi connectivity index (χ1v) is 11.7. The van der Waals surface area contributed by atoms with E-state index in [1.54, 1.807) is 30.2 Å². The summed E-state index contributed by atoms with van der Waals surface area (Å²) in [5.74, 6) is 0.510. The molecule has 0 saturated carbocycles. The fourth-order valence-corrected chi connectivity index (χ4v) is 5.11. The SMILES string of the molecule is CC(=O)N1CCc2cc(NC(=O)c3cccnc3SCc3ccnc4ccccc34)ccc21. The molecule has 2 amide bonds. The van der Waals surface area contributed by atoms with Crippen molar-refractivity contribution in [3.05, 3.63) is 89.7 Å². The van der Waals surface area contributed by atoms with Crippen molar-refractivity contribution in [1.82, 2.24) is 9.97 Å². The maximum atomic E-state index is 13.1. The van der Waals surface area contributed by atoms with Crippen molar-refractivity contribution in [1.29, 1.82) is 0 Å². The average Bonchev–Trinajstić information content (AvgIpc) is 3.26. The van der Waals surface area contributed by atoms with Crippen molar-refractivity contribution in [3.8, 4) is 0 Å². The Hall–Kier alpha value is -3.71. The van der Waals surface area contributed by atoms with Crippen LogP contribution in [0.1, 0.15) is 28.4 Å². The third kappa shape index (κ3) is 4.32. The Kier molecular flexibility index (Phi) is 5.79. The first-order valence-electron chi connectivity index (χ1n) is 10.7. The quantitative estimate of drug-likeness (QED) is 0.426. The number of carbonyl (C=O) groups is 2. The number of benzene rings is 2. The van der Waals surface area contributed by atoms with Crippen LogP contribution in [0.3, 0.4) is 0 Å². The molecule has 3 heterocycles. The Morgan fingerprint density at radius 2 is 1.91 bits per heavy atom. The number of rotatable bonds is 5. The second kappa shape index (κ2) is 9.03. The number of nitrogens with zero attached hydrogens (tertiary/aromatic N) is 3. The van der Waals surface area contributed by atoms with Crippen LogP contribution in [0.25, 0.3) is 10.9 Å². The molecule has 2 aromatic carbocycles. The minimum absolute atomic E-state index is 0.0320. The van der Waals surface area contributed by atoms with Crippen molar-refractivity contribution < 1.29 is 9.59 Å². The average molecular weight is 455 g/mol. The van der Waals surface area contributed by atoms with Crippen LogP contribution in [0.4, 0.5) is 11.4 Å². The first kappa shape index (κ1) is 21.2. The topological polar surface area (TPSA) is 75.2 Å². The van der Waals surface area contributed by atoms with E-state index in [2.05, 4.69) is 21.4 Å². The molecule has 0 aliphatic carbocycles. The number of fused-ring (bicyclic) bond motifs is 2. The van der Waals surface area contributed by atoms with E-state index in [9.17, 15) is 9.59 Å². The van der Waals surface area contributed by atoms with Gasteiger partial charge >= 0.3 is 0 Å². The van der Waals surface area contributed by atoms with Crippen LogP contribution in [-0.4, -0.2) is 28.3 Å². The number of aromatic nitrogens is 2. The molecular formula is C26H22N4O2S. The van der Waals surface area contributed by atoms with Gasteiger partial charge in [-0.05, 0) is 60.0 Å². The zero-order valence-corrected chi connectivity index (χ0v) is 18.9. The number of nitrogens with one attached hydrogen (secondary N) is 1. The van der Waals surface area contributed by atoms with Gasteiger partial charge in [0.15, 0.2) is 0 Å². The minimum Gasteiger partial charge on any atom is -0.322 e. The Bertz CT molecular complexity index is 1370. The molecule has 0 fully saturated rings. The Labute approximate surface area is 196 Å². The second-order valence-corrected chi connectivity index (χ2v) is 8.81. The van der Waals surface area contributed by atoms with Crippen molar-refractivity contribution >= 4 is 45.9 Å². The Balaban J connectivity index is 1.34. The van der Waals surface area contributed by atoms with Crippen LogP contribution in [-0.2, 0) is 17.0 Å². The van der Waals surface area contributed by atoms with Gasteiger partial charge in [0.1, 0.15) is 5.03 Å². The zero-order valence-electron chi connectivity index (χ0n) is 18.1. The molecule has 1 aliphatic rings. The monoisotopic (exact) mass is 454 g/mol. The summed E-state index contributed by atoms with van der Waals surface area (Å²) in [6, 6.07) is 19.3. The lowest BCUT2D eigenvalue weighted by molar-refractivity contribution is -0.116. The fraction of sp³-hybridized carbons (Fsp3) is 0.154. The highest BCUT2D eigenvalue weighted by molar-refractivity contribution is 7.98. The molecule has 4 aromatic rings. The number of thioether (sulfide) groups is 1. The van der Waals surface area contributed by atoms with Gasteiger partial charge in [-0.1, -0.05) is 18.2 Å².